The van der Waals surface area contributed by atoms with Crippen molar-refractivity contribution in [2.24, 2.45) is 5.10 Å². The summed E-state index contributed by atoms with van der Waals surface area (Å²) in [6.45, 7) is -0.917. The van der Waals surface area contributed by atoms with Crippen molar-refractivity contribution < 1.29 is 22.3 Å². The average molecular weight is 490 g/mol. The molecule has 0 saturated heterocycles. The van der Waals surface area contributed by atoms with Gasteiger partial charge in [-0.3, -0.25) is 4.79 Å². The minimum absolute atomic E-state index is 0.0732. The maximum atomic E-state index is 14.2. The topological polar surface area (TPSA) is 88.1 Å². The first-order valence-corrected chi connectivity index (χ1v) is 11.6. The third-order valence-electron chi connectivity index (χ3n) is 4.57. The zero-order valence-corrected chi connectivity index (χ0v) is 19.2. The monoisotopic (exact) mass is 489 g/mol. The van der Waals surface area contributed by atoms with Crippen molar-refractivity contribution in [3.63, 3.8) is 0 Å². The molecule has 172 valence electrons. The summed E-state index contributed by atoms with van der Waals surface area (Å²) in [4.78, 5) is 12.4. The van der Waals surface area contributed by atoms with Gasteiger partial charge in [-0.1, -0.05) is 41.9 Å². The van der Waals surface area contributed by atoms with Crippen LogP contribution >= 0.6 is 11.6 Å². The molecule has 0 aliphatic heterocycles. The van der Waals surface area contributed by atoms with Gasteiger partial charge in [0.2, 0.25) is 10.0 Å². The number of hydrazone groups is 1. The van der Waals surface area contributed by atoms with Crippen LogP contribution in [0.3, 0.4) is 0 Å². The van der Waals surface area contributed by atoms with Crippen molar-refractivity contribution in [2.45, 2.75) is 11.4 Å². The first kappa shape index (κ1) is 24.4. The molecule has 0 aliphatic carbocycles. The third kappa shape index (κ3) is 6.61. The van der Waals surface area contributed by atoms with E-state index in [4.69, 9.17) is 16.3 Å². The molecule has 0 spiro atoms. The summed E-state index contributed by atoms with van der Waals surface area (Å²) in [5.74, 6) is -0.649. The van der Waals surface area contributed by atoms with E-state index in [0.29, 0.717) is 16.3 Å². The highest BCUT2D eigenvalue weighted by atomic mass is 35.5. The molecule has 0 fully saturated rings. The Balaban J connectivity index is 1.79. The minimum Gasteiger partial charge on any atom is -0.497 e. The van der Waals surface area contributed by atoms with Gasteiger partial charge in [-0.05, 0) is 48.0 Å². The van der Waals surface area contributed by atoms with Crippen LogP contribution in [0.15, 0.2) is 82.8 Å². The Morgan fingerprint density at radius 1 is 1.12 bits per heavy atom. The highest BCUT2D eigenvalue weighted by Crippen LogP contribution is 2.21. The number of sulfonamides is 1. The molecule has 3 aromatic rings. The maximum Gasteiger partial charge on any atom is 0.255 e. The number of benzene rings is 3. The van der Waals surface area contributed by atoms with Crippen LogP contribution in [0, 0.1) is 5.82 Å². The Morgan fingerprint density at radius 3 is 2.55 bits per heavy atom. The molecule has 10 heteroatoms. The van der Waals surface area contributed by atoms with E-state index in [1.807, 2.05) is 0 Å². The van der Waals surface area contributed by atoms with Gasteiger partial charge in [0.05, 0.1) is 24.8 Å². The quantitative estimate of drug-likeness (QED) is 0.365. The van der Waals surface area contributed by atoms with E-state index in [0.717, 1.165) is 4.31 Å². The molecule has 1 N–H and O–H groups in total. The third-order valence-corrected chi connectivity index (χ3v) is 6.63. The summed E-state index contributed by atoms with van der Waals surface area (Å²) in [5.41, 5.74) is 3.10. The van der Waals surface area contributed by atoms with E-state index in [1.54, 1.807) is 30.3 Å². The standard InChI is InChI=1S/C23H21ClFN3O4S/c1-32-20-7-4-5-17(13-20)14-26-27-23(29)16-28(15-18-6-2-3-8-22(18)25)33(30,31)21-11-9-19(24)10-12-21/h2-14H,15-16H2,1H3,(H,27,29)/b26-14-. The van der Waals surface area contributed by atoms with Crippen LogP contribution in [0.2, 0.25) is 5.02 Å². The Hall–Kier alpha value is -3.27. The van der Waals surface area contributed by atoms with E-state index < -0.39 is 28.3 Å². The number of halogens is 2. The van der Waals surface area contributed by atoms with Crippen LogP contribution in [-0.4, -0.2) is 38.5 Å². The molecule has 7 nitrogen and oxygen atoms in total. The number of nitrogens with one attached hydrogen (secondary N) is 1. The fraction of sp³-hybridized carbons (Fsp3) is 0.130. The molecule has 3 aromatic carbocycles. The van der Waals surface area contributed by atoms with Gasteiger partial charge >= 0.3 is 0 Å². The van der Waals surface area contributed by atoms with E-state index in [2.05, 4.69) is 10.5 Å². The van der Waals surface area contributed by atoms with Crippen LogP contribution in [0.1, 0.15) is 11.1 Å². The predicted molar refractivity (Wildman–Crippen MR) is 124 cm³/mol. The highest BCUT2D eigenvalue weighted by molar-refractivity contribution is 7.89. The molecule has 0 atom stereocenters. The lowest BCUT2D eigenvalue weighted by molar-refractivity contribution is -0.121. The van der Waals surface area contributed by atoms with Gasteiger partial charge < -0.3 is 4.74 Å². The van der Waals surface area contributed by atoms with Gasteiger partial charge in [-0.25, -0.2) is 18.2 Å². The zero-order valence-electron chi connectivity index (χ0n) is 17.6. The number of amides is 1. The summed E-state index contributed by atoms with van der Waals surface area (Å²) in [6.07, 6.45) is 1.40. The molecule has 0 aliphatic rings. The number of nitrogens with zero attached hydrogens (tertiary/aromatic N) is 2. The van der Waals surface area contributed by atoms with Gasteiger partial charge in [0.1, 0.15) is 11.6 Å². The molecule has 0 bridgehead atoms. The van der Waals surface area contributed by atoms with Crippen molar-refractivity contribution >= 4 is 33.7 Å². The van der Waals surface area contributed by atoms with E-state index >= 15 is 0 Å². The Morgan fingerprint density at radius 2 is 1.85 bits per heavy atom. The lowest BCUT2D eigenvalue weighted by Crippen LogP contribution is -2.39. The molecule has 33 heavy (non-hydrogen) atoms. The van der Waals surface area contributed by atoms with E-state index in [1.165, 1.54) is 55.8 Å². The molecule has 0 saturated carbocycles. The van der Waals surface area contributed by atoms with E-state index in [-0.39, 0.29) is 17.0 Å². The van der Waals surface area contributed by atoms with E-state index in [9.17, 15) is 17.6 Å². The molecule has 1 amide bonds. The highest BCUT2D eigenvalue weighted by Gasteiger charge is 2.27. The van der Waals surface area contributed by atoms with Gasteiger partial charge in [0.15, 0.2) is 0 Å². The van der Waals surface area contributed by atoms with Crippen LogP contribution in [0.4, 0.5) is 4.39 Å². The lowest BCUT2D eigenvalue weighted by atomic mass is 10.2. The number of hydrogen-bond acceptors (Lipinski definition) is 5. The molecule has 0 heterocycles. The van der Waals surface area contributed by atoms with Crippen molar-refractivity contribution in [1.82, 2.24) is 9.73 Å². The number of ether oxygens (including phenoxy) is 1. The molecular formula is C23H21ClFN3O4S. The van der Waals surface area contributed by atoms with Gasteiger partial charge in [0.25, 0.3) is 5.91 Å². The number of carbonyl (C=O) groups excluding carboxylic acids is 1. The zero-order chi connectivity index (χ0) is 23.8. The molecule has 0 aromatic heterocycles. The Bertz CT molecular complexity index is 1250. The van der Waals surface area contributed by atoms with Crippen LogP contribution < -0.4 is 10.2 Å². The van der Waals surface area contributed by atoms with Crippen LogP contribution in [0.25, 0.3) is 0 Å². The molecule has 0 unspecified atom stereocenters. The summed E-state index contributed by atoms with van der Waals surface area (Å²) in [5, 5.41) is 4.23. The maximum absolute atomic E-state index is 14.2. The Labute approximate surface area is 196 Å². The van der Waals surface area contributed by atoms with Gasteiger partial charge in [-0.2, -0.15) is 9.41 Å². The molecule has 0 radical (unpaired) electrons. The summed E-state index contributed by atoms with van der Waals surface area (Å²) in [7, 11) is -2.60. The van der Waals surface area contributed by atoms with Crippen LogP contribution in [-0.2, 0) is 21.4 Å². The van der Waals surface area contributed by atoms with Crippen LogP contribution in [0.5, 0.6) is 5.75 Å². The first-order valence-electron chi connectivity index (χ1n) is 9.74. The smallest absolute Gasteiger partial charge is 0.255 e. The second kappa shape index (κ2) is 11.0. The normalized spacial score (nSPS) is 11.6. The largest absolute Gasteiger partial charge is 0.497 e. The van der Waals surface area contributed by atoms with Crippen molar-refractivity contribution in [1.29, 1.82) is 0 Å². The fourth-order valence-corrected chi connectivity index (χ4v) is 4.39. The second-order valence-corrected chi connectivity index (χ2v) is 9.26. The number of rotatable bonds is 9. The summed E-state index contributed by atoms with van der Waals surface area (Å²) >= 11 is 5.86. The fourth-order valence-electron chi connectivity index (χ4n) is 2.89. The van der Waals surface area contributed by atoms with Gasteiger partial charge in [0, 0.05) is 17.1 Å². The summed E-state index contributed by atoms with van der Waals surface area (Å²) in [6, 6.07) is 18.3. The average Bonchev–Trinajstić information content (AvgIpc) is 2.80. The van der Waals surface area contributed by atoms with Crippen molar-refractivity contribution in [3.8, 4) is 5.75 Å². The minimum atomic E-state index is -4.14. The molecule has 3 rings (SSSR count). The SMILES string of the molecule is COc1cccc(/C=N\NC(=O)CN(Cc2ccccc2F)S(=O)(=O)c2ccc(Cl)cc2)c1. The lowest BCUT2D eigenvalue weighted by Gasteiger charge is -2.21. The number of carbonyl (C=O) groups is 1. The Kier molecular flexibility index (Phi) is 8.16. The number of methoxy groups -OCH3 is 1. The summed E-state index contributed by atoms with van der Waals surface area (Å²) < 4.78 is 46.6. The first-order chi connectivity index (χ1) is 15.8. The van der Waals surface area contributed by atoms with Gasteiger partial charge in [-0.15, -0.1) is 0 Å². The van der Waals surface area contributed by atoms with Crippen molar-refractivity contribution in [3.05, 3.63) is 94.8 Å². The second-order valence-electron chi connectivity index (χ2n) is 6.89. The number of hydrogen-bond donors (Lipinski definition) is 1. The predicted octanol–water partition coefficient (Wildman–Crippen LogP) is 3.83. The van der Waals surface area contributed by atoms with Crippen molar-refractivity contribution in [2.75, 3.05) is 13.7 Å². The molecular weight excluding hydrogens is 469 g/mol.